The second-order valence-electron chi connectivity index (χ2n) is 3.56. The SMILES string of the molecule is CC(=[OH+])/C=C(/C)O.CC(=[OH+])/C=C(/C)O.CC[OH2+].CC[OH2+].[Ti]. The van der Waals surface area contributed by atoms with Crippen molar-refractivity contribution < 1.29 is 51.7 Å². The van der Waals surface area contributed by atoms with Crippen LogP contribution in [0.25, 0.3) is 0 Å². The summed E-state index contributed by atoms with van der Waals surface area (Å²) in [6, 6.07) is 0. The molecule has 0 saturated carbocycles. The molecule has 0 spiro atoms. The molecule has 7 heteroatoms. The van der Waals surface area contributed by atoms with Crippen molar-refractivity contribution in [2.75, 3.05) is 13.2 Å². The summed E-state index contributed by atoms with van der Waals surface area (Å²) in [4.78, 5) is 16.8. The molecule has 0 aliphatic rings. The molecule has 0 rings (SSSR count). The maximum absolute atomic E-state index is 8.40. The molecule has 0 saturated heterocycles. The summed E-state index contributed by atoms with van der Waals surface area (Å²) in [7, 11) is 0. The van der Waals surface area contributed by atoms with Crippen LogP contribution in [0.15, 0.2) is 23.7 Å². The fraction of sp³-hybridized carbons (Fsp3) is 0.571. The molecule has 0 bridgehead atoms. The molecule has 0 fully saturated rings. The third-order valence-corrected chi connectivity index (χ3v) is 0.836. The number of allylic oxidation sites excluding steroid dienone is 4. The van der Waals surface area contributed by atoms with Crippen molar-refractivity contribution in [1.82, 2.24) is 0 Å². The number of rotatable bonds is 2. The molecule has 0 aliphatic heterocycles. The maximum atomic E-state index is 8.40. The zero-order valence-electron chi connectivity index (χ0n) is 13.9. The molecule has 8 N–H and O–H groups in total. The predicted octanol–water partition coefficient (Wildman–Crippen LogP) is 1.49. The molecule has 21 heavy (non-hydrogen) atoms. The van der Waals surface area contributed by atoms with Gasteiger partial charge in [0.2, 0.25) is 0 Å². The smallest absolute Gasteiger partial charge is 0.316 e. The first kappa shape index (κ1) is 32.1. The van der Waals surface area contributed by atoms with Gasteiger partial charge in [-0.2, -0.15) is 0 Å². The minimum Gasteiger partial charge on any atom is -0.512 e. The van der Waals surface area contributed by atoms with E-state index in [-0.39, 0.29) is 44.8 Å². The van der Waals surface area contributed by atoms with Crippen molar-refractivity contribution in [2.45, 2.75) is 41.5 Å². The molecule has 0 radical (unpaired) electrons. The second kappa shape index (κ2) is 27.4. The number of aliphatic hydroxyl groups is 2. The van der Waals surface area contributed by atoms with Crippen molar-refractivity contribution in [1.29, 1.82) is 0 Å². The van der Waals surface area contributed by atoms with Gasteiger partial charge in [-0.15, -0.1) is 0 Å². The Balaban J connectivity index is -0.0000000576. The van der Waals surface area contributed by atoms with Crippen molar-refractivity contribution >= 4 is 11.6 Å². The van der Waals surface area contributed by atoms with Gasteiger partial charge in [-0.1, -0.05) is 0 Å². The molecule has 0 aromatic rings. The molecular weight excluding hydrogens is 312 g/mol. The Morgan fingerprint density at radius 3 is 0.952 bits per heavy atom. The summed E-state index contributed by atoms with van der Waals surface area (Å²) < 4.78 is 0. The first-order valence-corrected chi connectivity index (χ1v) is 6.17. The zero-order chi connectivity index (χ0) is 17.1. The van der Waals surface area contributed by atoms with Crippen molar-refractivity contribution in [3.05, 3.63) is 23.7 Å². The van der Waals surface area contributed by atoms with Crippen LogP contribution in [0.5, 0.6) is 0 Å². The van der Waals surface area contributed by atoms with Gasteiger partial charge in [0.1, 0.15) is 13.2 Å². The molecule has 0 amide bonds. The quantitative estimate of drug-likeness (QED) is 0.340. The largest absolute Gasteiger partial charge is 0.512 e. The van der Waals surface area contributed by atoms with Gasteiger partial charge < -0.3 is 20.4 Å². The Labute approximate surface area is 142 Å². The fourth-order valence-corrected chi connectivity index (χ4v) is 0.605. The molecule has 0 aliphatic carbocycles. The van der Waals surface area contributed by atoms with Crippen molar-refractivity contribution in [2.24, 2.45) is 0 Å². The van der Waals surface area contributed by atoms with Gasteiger partial charge in [-0.05, 0) is 13.8 Å². The molecule has 0 unspecified atom stereocenters. The number of hydrogen-bond donors (Lipinski definition) is 2. The molecular formula is C14H32O6Ti+4. The molecule has 0 heterocycles. The van der Waals surface area contributed by atoms with Gasteiger partial charge in [0, 0.05) is 35.6 Å². The van der Waals surface area contributed by atoms with E-state index in [1.54, 1.807) is 13.8 Å². The fourth-order valence-electron chi connectivity index (χ4n) is 0.605. The van der Waals surface area contributed by atoms with E-state index in [2.05, 4.69) is 0 Å². The second-order valence-corrected chi connectivity index (χ2v) is 3.56. The first-order chi connectivity index (χ1) is 9.08. The van der Waals surface area contributed by atoms with Gasteiger partial charge in [0.25, 0.3) is 0 Å². The van der Waals surface area contributed by atoms with Crippen LogP contribution in [-0.4, -0.2) is 54.8 Å². The summed E-state index contributed by atoms with van der Waals surface area (Å²) >= 11 is 0. The van der Waals surface area contributed by atoms with Crippen LogP contribution < -0.4 is 0 Å². The van der Waals surface area contributed by atoms with E-state index >= 15 is 0 Å². The van der Waals surface area contributed by atoms with Crippen LogP contribution in [-0.2, 0) is 21.7 Å². The molecule has 6 nitrogen and oxygen atoms in total. The third-order valence-electron chi connectivity index (χ3n) is 0.836. The van der Waals surface area contributed by atoms with E-state index in [4.69, 9.17) is 30.0 Å². The molecule has 0 atom stereocenters. The van der Waals surface area contributed by atoms with Crippen LogP contribution in [0.1, 0.15) is 41.5 Å². The van der Waals surface area contributed by atoms with Gasteiger partial charge in [0.05, 0.1) is 37.5 Å². The van der Waals surface area contributed by atoms with E-state index in [0.717, 1.165) is 0 Å². The maximum Gasteiger partial charge on any atom is 0.316 e. The Bertz CT molecular complexity index is 260. The summed E-state index contributed by atoms with van der Waals surface area (Å²) in [6.45, 7) is 10.6. The standard InChI is InChI=1S/2C5H8O2.2C2H6O.Ti/c2*1-4(6)3-5(2)7;2*1-2-3;/h2*3,6H,1-2H3;2*3H,2H2,1H3;/p+4/b2*4-3-;;;. The summed E-state index contributed by atoms with van der Waals surface area (Å²) in [5.74, 6) is 0.500. The molecule has 124 valence electrons. The van der Waals surface area contributed by atoms with E-state index < -0.39 is 0 Å². The van der Waals surface area contributed by atoms with E-state index in [1.165, 1.54) is 39.8 Å². The van der Waals surface area contributed by atoms with Gasteiger partial charge in [0.15, 0.2) is 0 Å². The van der Waals surface area contributed by atoms with Crippen molar-refractivity contribution in [3.8, 4) is 0 Å². The van der Waals surface area contributed by atoms with Crippen LogP contribution in [0.2, 0.25) is 0 Å². The number of ketones is 2. The van der Waals surface area contributed by atoms with Crippen LogP contribution in [0.4, 0.5) is 0 Å². The average molecular weight is 344 g/mol. The molecule has 0 aromatic carbocycles. The number of hydrogen-bond acceptors (Lipinski definition) is 2. The summed E-state index contributed by atoms with van der Waals surface area (Å²) in [5.41, 5.74) is 0. The summed E-state index contributed by atoms with van der Waals surface area (Å²) in [5, 5.41) is 29.2. The van der Waals surface area contributed by atoms with E-state index in [1.807, 2.05) is 0 Å². The number of aliphatic hydroxyl groups excluding tert-OH is 2. The van der Waals surface area contributed by atoms with Gasteiger partial charge in [-0.3, -0.25) is 9.59 Å². The topological polar surface area (TPSA) is 129 Å². The van der Waals surface area contributed by atoms with Gasteiger partial charge in [-0.25, -0.2) is 0 Å². The Morgan fingerprint density at radius 2 is 0.952 bits per heavy atom. The van der Waals surface area contributed by atoms with Crippen LogP contribution in [0.3, 0.4) is 0 Å². The Kier molecular flexibility index (Phi) is 41.9. The van der Waals surface area contributed by atoms with Gasteiger partial charge >= 0.3 is 11.6 Å². The summed E-state index contributed by atoms with van der Waals surface area (Å²) in [6.07, 6.45) is 2.56. The zero-order valence-corrected chi connectivity index (χ0v) is 15.4. The third kappa shape index (κ3) is 111. The van der Waals surface area contributed by atoms with Crippen LogP contribution in [0, 0.1) is 0 Å². The Morgan fingerprint density at radius 1 is 0.810 bits per heavy atom. The van der Waals surface area contributed by atoms with E-state index in [0.29, 0.717) is 13.2 Å². The first-order valence-electron chi connectivity index (χ1n) is 6.17. The normalized spacial score (nSPS) is 9.33. The predicted molar refractivity (Wildman–Crippen MR) is 86.3 cm³/mol. The monoisotopic (exact) mass is 344 g/mol. The van der Waals surface area contributed by atoms with Crippen molar-refractivity contribution in [3.63, 3.8) is 0 Å². The van der Waals surface area contributed by atoms with E-state index in [9.17, 15) is 0 Å². The average Bonchev–Trinajstić information content (AvgIpc) is 2.15. The molecule has 0 aromatic heterocycles. The number of carbonyl (C=O) groups excluding carboxylic acids is 2. The minimum atomic E-state index is 0. The Hall–Kier alpha value is -0.946. The minimum absolute atomic E-state index is 0. The van der Waals surface area contributed by atoms with Crippen LogP contribution >= 0.6 is 0 Å².